The molecule has 2 unspecified atom stereocenters. The fraction of sp³-hybridized carbons (Fsp3) is 0.923. The van der Waals surface area contributed by atoms with Gasteiger partial charge in [-0.1, -0.05) is 26.2 Å². The van der Waals surface area contributed by atoms with E-state index in [2.05, 4.69) is 13.8 Å². The summed E-state index contributed by atoms with van der Waals surface area (Å²) in [6, 6.07) is 0.290. The minimum Gasteiger partial charge on any atom is -0.388 e. The molecule has 1 N–H and O–H groups in total. The molecule has 1 saturated heterocycles. The highest BCUT2D eigenvalue weighted by atomic mass is 16.3. The molecule has 3 heteroatoms. The maximum absolute atomic E-state index is 11.8. The second kappa shape index (κ2) is 4.36. The van der Waals surface area contributed by atoms with Gasteiger partial charge in [-0.05, 0) is 25.7 Å². The molecule has 2 fully saturated rings. The van der Waals surface area contributed by atoms with Crippen LogP contribution >= 0.6 is 0 Å². The standard InChI is InChI=1S/C13H23NO2/c1-10-8-12(15)14(11(10)2)9-13(16)6-4-3-5-7-13/h10-11,16H,3-9H2,1-2H3. The van der Waals surface area contributed by atoms with E-state index in [0.29, 0.717) is 24.9 Å². The lowest BCUT2D eigenvalue weighted by molar-refractivity contribution is -0.133. The zero-order valence-corrected chi connectivity index (χ0v) is 10.4. The van der Waals surface area contributed by atoms with E-state index in [-0.39, 0.29) is 5.91 Å². The van der Waals surface area contributed by atoms with Crippen LogP contribution in [0.25, 0.3) is 0 Å². The first-order valence-corrected chi connectivity index (χ1v) is 6.54. The van der Waals surface area contributed by atoms with Crippen molar-refractivity contribution in [3.8, 4) is 0 Å². The molecule has 2 aliphatic rings. The number of carbonyl (C=O) groups excluding carboxylic acids is 1. The Morgan fingerprint density at radius 1 is 1.31 bits per heavy atom. The molecule has 0 aromatic carbocycles. The van der Waals surface area contributed by atoms with E-state index in [1.54, 1.807) is 0 Å². The molecule has 1 saturated carbocycles. The van der Waals surface area contributed by atoms with Gasteiger partial charge in [-0.25, -0.2) is 0 Å². The Labute approximate surface area is 97.8 Å². The number of rotatable bonds is 2. The molecule has 1 aliphatic heterocycles. The zero-order valence-electron chi connectivity index (χ0n) is 10.4. The molecule has 3 nitrogen and oxygen atoms in total. The Kier molecular flexibility index (Phi) is 3.24. The van der Waals surface area contributed by atoms with Crippen LogP contribution in [0.15, 0.2) is 0 Å². The van der Waals surface area contributed by atoms with Crippen molar-refractivity contribution in [3.63, 3.8) is 0 Å². The highest BCUT2D eigenvalue weighted by Gasteiger charge is 2.39. The summed E-state index contributed by atoms with van der Waals surface area (Å²) in [4.78, 5) is 13.7. The lowest BCUT2D eigenvalue weighted by Crippen LogP contribution is -2.47. The topological polar surface area (TPSA) is 40.5 Å². The van der Waals surface area contributed by atoms with E-state index in [1.807, 2.05) is 4.90 Å². The van der Waals surface area contributed by atoms with E-state index < -0.39 is 5.60 Å². The molecule has 1 heterocycles. The third-order valence-electron chi connectivity index (χ3n) is 4.38. The Morgan fingerprint density at radius 3 is 2.44 bits per heavy atom. The quantitative estimate of drug-likeness (QED) is 0.780. The first-order chi connectivity index (χ1) is 7.52. The summed E-state index contributed by atoms with van der Waals surface area (Å²) in [5, 5.41) is 10.5. The van der Waals surface area contributed by atoms with Gasteiger partial charge in [0.1, 0.15) is 0 Å². The number of amides is 1. The number of likely N-dealkylation sites (tertiary alicyclic amines) is 1. The third-order valence-corrected chi connectivity index (χ3v) is 4.38. The molecular weight excluding hydrogens is 202 g/mol. The molecule has 0 bridgehead atoms. The second-order valence-corrected chi connectivity index (χ2v) is 5.73. The van der Waals surface area contributed by atoms with Crippen molar-refractivity contribution in [2.45, 2.75) is 64.0 Å². The first kappa shape index (κ1) is 11.9. The summed E-state index contributed by atoms with van der Waals surface area (Å²) < 4.78 is 0. The molecule has 0 aromatic rings. The minimum absolute atomic E-state index is 0.221. The van der Waals surface area contributed by atoms with Gasteiger partial charge in [0.2, 0.25) is 5.91 Å². The van der Waals surface area contributed by atoms with E-state index >= 15 is 0 Å². The molecule has 1 amide bonds. The summed E-state index contributed by atoms with van der Waals surface area (Å²) in [6.45, 7) is 4.77. The average Bonchev–Trinajstić information content (AvgIpc) is 2.46. The molecule has 2 rings (SSSR count). The van der Waals surface area contributed by atoms with Gasteiger partial charge in [0.25, 0.3) is 0 Å². The number of aliphatic hydroxyl groups is 1. The molecule has 0 radical (unpaired) electrons. The van der Waals surface area contributed by atoms with Crippen molar-refractivity contribution in [1.82, 2.24) is 4.90 Å². The van der Waals surface area contributed by atoms with Crippen molar-refractivity contribution < 1.29 is 9.90 Å². The number of carbonyl (C=O) groups is 1. The summed E-state index contributed by atoms with van der Waals surface area (Å²) >= 11 is 0. The van der Waals surface area contributed by atoms with Gasteiger partial charge in [-0.3, -0.25) is 4.79 Å². The zero-order chi connectivity index (χ0) is 11.8. The van der Waals surface area contributed by atoms with Crippen LogP contribution in [0.3, 0.4) is 0 Å². The highest BCUT2D eigenvalue weighted by molar-refractivity contribution is 5.79. The van der Waals surface area contributed by atoms with Gasteiger partial charge in [0.05, 0.1) is 5.60 Å². The Balaban J connectivity index is 2.00. The van der Waals surface area contributed by atoms with Crippen LogP contribution in [-0.2, 0) is 4.79 Å². The number of nitrogens with zero attached hydrogens (tertiary/aromatic N) is 1. The van der Waals surface area contributed by atoms with Crippen LogP contribution in [-0.4, -0.2) is 34.1 Å². The summed E-state index contributed by atoms with van der Waals surface area (Å²) in [6.07, 6.45) is 5.79. The third kappa shape index (κ3) is 2.24. The average molecular weight is 225 g/mol. The highest BCUT2D eigenvalue weighted by Crippen LogP contribution is 2.32. The molecule has 1 aliphatic carbocycles. The number of hydrogen-bond acceptors (Lipinski definition) is 2. The summed E-state index contributed by atoms with van der Waals surface area (Å²) in [7, 11) is 0. The largest absolute Gasteiger partial charge is 0.388 e. The number of hydrogen-bond donors (Lipinski definition) is 1. The normalized spacial score (nSPS) is 34.4. The SMILES string of the molecule is CC1CC(=O)N(CC2(O)CCCCC2)C1C. The van der Waals surface area contributed by atoms with Gasteiger partial charge in [-0.15, -0.1) is 0 Å². The summed E-state index contributed by atoms with van der Waals surface area (Å²) in [5.41, 5.74) is -0.605. The number of β-amino-alcohol motifs (C(OH)–C–C–N with tert-alkyl or cyclic N) is 1. The van der Waals surface area contributed by atoms with Crippen molar-refractivity contribution in [2.75, 3.05) is 6.54 Å². The predicted octanol–water partition coefficient (Wildman–Crippen LogP) is 1.94. The fourth-order valence-electron chi connectivity index (χ4n) is 3.01. The van der Waals surface area contributed by atoms with Gasteiger partial charge < -0.3 is 10.0 Å². The van der Waals surface area contributed by atoms with Crippen LogP contribution in [0.5, 0.6) is 0 Å². The smallest absolute Gasteiger partial charge is 0.223 e. The van der Waals surface area contributed by atoms with Crippen LogP contribution in [0.1, 0.15) is 52.4 Å². The molecule has 0 spiro atoms. The lowest BCUT2D eigenvalue weighted by Gasteiger charge is -2.37. The van der Waals surface area contributed by atoms with Crippen LogP contribution in [0.4, 0.5) is 0 Å². The fourth-order valence-corrected chi connectivity index (χ4v) is 3.01. The van der Waals surface area contributed by atoms with Gasteiger partial charge in [-0.2, -0.15) is 0 Å². The van der Waals surface area contributed by atoms with Crippen LogP contribution < -0.4 is 0 Å². The van der Waals surface area contributed by atoms with Crippen molar-refractivity contribution >= 4 is 5.91 Å². The summed E-state index contributed by atoms with van der Waals surface area (Å²) in [5.74, 6) is 0.652. The maximum Gasteiger partial charge on any atom is 0.223 e. The lowest BCUT2D eigenvalue weighted by atomic mass is 9.84. The minimum atomic E-state index is -0.605. The maximum atomic E-state index is 11.8. The van der Waals surface area contributed by atoms with Gasteiger partial charge in [0.15, 0.2) is 0 Å². The van der Waals surface area contributed by atoms with Gasteiger partial charge in [0, 0.05) is 19.0 Å². The van der Waals surface area contributed by atoms with Crippen molar-refractivity contribution in [3.05, 3.63) is 0 Å². The van der Waals surface area contributed by atoms with Crippen molar-refractivity contribution in [2.24, 2.45) is 5.92 Å². The van der Waals surface area contributed by atoms with E-state index in [9.17, 15) is 9.90 Å². The Morgan fingerprint density at radius 2 is 1.94 bits per heavy atom. The van der Waals surface area contributed by atoms with E-state index in [0.717, 1.165) is 25.7 Å². The molecular formula is C13H23NO2. The van der Waals surface area contributed by atoms with Crippen molar-refractivity contribution in [1.29, 1.82) is 0 Å². The van der Waals surface area contributed by atoms with E-state index in [1.165, 1.54) is 6.42 Å². The monoisotopic (exact) mass is 225 g/mol. The Hall–Kier alpha value is -0.570. The molecule has 16 heavy (non-hydrogen) atoms. The Bertz CT molecular complexity index is 271. The molecule has 2 atom stereocenters. The molecule has 92 valence electrons. The second-order valence-electron chi connectivity index (χ2n) is 5.73. The van der Waals surface area contributed by atoms with Crippen LogP contribution in [0, 0.1) is 5.92 Å². The first-order valence-electron chi connectivity index (χ1n) is 6.54. The van der Waals surface area contributed by atoms with Crippen LogP contribution in [0.2, 0.25) is 0 Å². The van der Waals surface area contributed by atoms with Gasteiger partial charge >= 0.3 is 0 Å². The predicted molar refractivity (Wildman–Crippen MR) is 63.0 cm³/mol. The van der Waals surface area contributed by atoms with E-state index in [4.69, 9.17) is 0 Å². The molecule has 0 aromatic heterocycles.